The number of rotatable bonds is 4. The minimum absolute atomic E-state index is 0.122. The second-order valence-electron chi connectivity index (χ2n) is 3.77. The molecule has 0 saturated carbocycles. The smallest absolute Gasteiger partial charge is 0.264 e. The topological polar surface area (TPSA) is 50.7 Å². The molecule has 4 nitrogen and oxygen atoms in total. The Bertz CT molecular complexity index is 547. The molecular formula is C14H14N2O2S. The van der Waals surface area contributed by atoms with Crippen molar-refractivity contribution in [2.45, 2.75) is 0 Å². The number of carbonyl (C=O) groups is 1. The van der Waals surface area contributed by atoms with E-state index in [1.54, 1.807) is 13.2 Å². The number of nitrogens with zero attached hydrogens (tertiary/aromatic N) is 1. The van der Waals surface area contributed by atoms with Gasteiger partial charge < -0.3 is 10.1 Å². The average molecular weight is 274 g/mol. The molecule has 19 heavy (non-hydrogen) atoms. The van der Waals surface area contributed by atoms with Crippen LogP contribution < -0.4 is 10.1 Å². The second-order valence-corrected chi connectivity index (χ2v) is 4.80. The van der Waals surface area contributed by atoms with Crippen molar-refractivity contribution in [3.8, 4) is 5.75 Å². The highest BCUT2D eigenvalue weighted by Gasteiger charge is 2.23. The minimum Gasteiger partial charge on any atom is -0.497 e. The van der Waals surface area contributed by atoms with Crippen LogP contribution in [0.1, 0.15) is 5.56 Å². The maximum absolute atomic E-state index is 11.7. The predicted octanol–water partition coefficient (Wildman–Crippen LogP) is 2.44. The number of nitrogens with one attached hydrogen (secondary N) is 1. The molecule has 2 rings (SSSR count). The van der Waals surface area contributed by atoms with E-state index in [0.29, 0.717) is 16.6 Å². The van der Waals surface area contributed by atoms with E-state index in [-0.39, 0.29) is 5.91 Å². The molecule has 98 valence electrons. The van der Waals surface area contributed by atoms with Gasteiger partial charge in [-0.1, -0.05) is 18.2 Å². The Morgan fingerprint density at radius 3 is 2.79 bits per heavy atom. The highest BCUT2D eigenvalue weighted by Crippen LogP contribution is 2.26. The fourth-order valence-corrected chi connectivity index (χ4v) is 2.33. The summed E-state index contributed by atoms with van der Waals surface area (Å²) in [7, 11) is 1.62. The van der Waals surface area contributed by atoms with E-state index in [1.165, 1.54) is 11.8 Å². The molecule has 0 bridgehead atoms. The lowest BCUT2D eigenvalue weighted by Crippen LogP contribution is -2.19. The Hall–Kier alpha value is -2.01. The van der Waals surface area contributed by atoms with Gasteiger partial charge in [0.05, 0.1) is 18.6 Å². The molecule has 1 amide bonds. The van der Waals surface area contributed by atoms with Crippen LogP contribution in [0.2, 0.25) is 0 Å². The number of ether oxygens (including phenoxy) is 1. The molecule has 1 heterocycles. The maximum atomic E-state index is 11.7. The van der Waals surface area contributed by atoms with Crippen molar-refractivity contribution in [2.75, 3.05) is 13.7 Å². The van der Waals surface area contributed by atoms with Crippen molar-refractivity contribution in [1.29, 1.82) is 0 Å². The fraction of sp³-hybridized carbons (Fsp3) is 0.143. The Morgan fingerprint density at radius 2 is 2.16 bits per heavy atom. The first-order chi connectivity index (χ1) is 9.22. The summed E-state index contributed by atoms with van der Waals surface area (Å²) in [5, 5.41) is 3.33. The van der Waals surface area contributed by atoms with E-state index in [0.717, 1.165) is 11.3 Å². The van der Waals surface area contributed by atoms with Crippen LogP contribution in [0.4, 0.5) is 0 Å². The Kier molecular flexibility index (Phi) is 4.41. The van der Waals surface area contributed by atoms with Crippen LogP contribution in [0.15, 0.2) is 46.8 Å². The van der Waals surface area contributed by atoms with Crippen LogP contribution in [0.5, 0.6) is 5.75 Å². The van der Waals surface area contributed by atoms with E-state index in [9.17, 15) is 4.79 Å². The zero-order valence-electron chi connectivity index (χ0n) is 10.6. The molecule has 1 N–H and O–H groups in total. The molecule has 1 saturated heterocycles. The number of hydrogen-bond donors (Lipinski definition) is 1. The summed E-state index contributed by atoms with van der Waals surface area (Å²) in [5.41, 5.74) is 0.948. The molecule has 0 aromatic heterocycles. The van der Waals surface area contributed by atoms with Gasteiger partial charge in [-0.15, -0.1) is 6.58 Å². The van der Waals surface area contributed by atoms with Gasteiger partial charge in [-0.25, -0.2) is 0 Å². The summed E-state index contributed by atoms with van der Waals surface area (Å²) in [6, 6.07) is 7.52. The largest absolute Gasteiger partial charge is 0.497 e. The van der Waals surface area contributed by atoms with Gasteiger partial charge >= 0.3 is 0 Å². The van der Waals surface area contributed by atoms with Crippen LogP contribution in [-0.4, -0.2) is 24.7 Å². The molecule has 0 unspecified atom stereocenters. The van der Waals surface area contributed by atoms with Gasteiger partial charge in [0.2, 0.25) is 0 Å². The molecule has 0 aliphatic carbocycles. The van der Waals surface area contributed by atoms with Gasteiger partial charge in [0.1, 0.15) is 5.75 Å². The summed E-state index contributed by atoms with van der Waals surface area (Å²) < 4.78 is 5.09. The molecule has 0 atom stereocenters. The lowest BCUT2D eigenvalue weighted by Gasteiger charge is -1.99. The van der Waals surface area contributed by atoms with E-state index in [4.69, 9.17) is 4.74 Å². The maximum Gasteiger partial charge on any atom is 0.264 e. The van der Waals surface area contributed by atoms with E-state index in [1.807, 2.05) is 30.3 Å². The number of amides is 1. The first-order valence-corrected chi connectivity index (χ1v) is 6.55. The van der Waals surface area contributed by atoms with Gasteiger partial charge in [0.15, 0.2) is 5.17 Å². The molecule has 1 aliphatic rings. The van der Waals surface area contributed by atoms with Crippen molar-refractivity contribution in [2.24, 2.45) is 4.99 Å². The number of thioether (sulfide) groups is 1. The summed E-state index contributed by atoms with van der Waals surface area (Å²) in [5.74, 6) is 0.669. The number of benzene rings is 1. The summed E-state index contributed by atoms with van der Waals surface area (Å²) in [6.45, 7) is 4.09. The van der Waals surface area contributed by atoms with Crippen LogP contribution in [0.3, 0.4) is 0 Å². The first kappa shape index (κ1) is 13.4. The molecule has 1 aromatic carbocycles. The molecule has 0 spiro atoms. The monoisotopic (exact) mass is 274 g/mol. The van der Waals surface area contributed by atoms with Crippen LogP contribution >= 0.6 is 11.8 Å². The minimum atomic E-state index is -0.122. The number of amidine groups is 1. The van der Waals surface area contributed by atoms with Gasteiger partial charge in [0, 0.05) is 0 Å². The molecular weight excluding hydrogens is 260 g/mol. The van der Waals surface area contributed by atoms with Crippen molar-refractivity contribution in [1.82, 2.24) is 5.32 Å². The van der Waals surface area contributed by atoms with E-state index >= 15 is 0 Å². The third-order valence-corrected chi connectivity index (χ3v) is 3.38. The third-order valence-electron chi connectivity index (χ3n) is 2.43. The van der Waals surface area contributed by atoms with Gasteiger partial charge in [-0.3, -0.25) is 9.79 Å². The highest BCUT2D eigenvalue weighted by atomic mass is 32.2. The standard InChI is InChI=1S/C14H14N2O2S/c1-3-8-15-14-16-13(17)12(19-14)9-10-4-6-11(18-2)7-5-10/h3-7,9H,1,8H2,2H3,(H,15,16,17)/b12-9-. The van der Waals surface area contributed by atoms with Crippen molar-refractivity contribution < 1.29 is 9.53 Å². The predicted molar refractivity (Wildman–Crippen MR) is 79.2 cm³/mol. The number of methoxy groups -OCH3 is 1. The Balaban J connectivity index is 2.14. The lowest BCUT2D eigenvalue weighted by atomic mass is 10.2. The SMILES string of the molecule is C=CCN=C1NC(=O)/C(=C/c2ccc(OC)cc2)S1. The summed E-state index contributed by atoms with van der Waals surface area (Å²) >= 11 is 1.33. The van der Waals surface area contributed by atoms with Gasteiger partial charge in [-0.2, -0.15) is 0 Å². The normalized spacial score (nSPS) is 18.7. The zero-order chi connectivity index (χ0) is 13.7. The molecule has 0 radical (unpaired) electrons. The van der Waals surface area contributed by atoms with Crippen molar-refractivity contribution >= 4 is 28.9 Å². The lowest BCUT2D eigenvalue weighted by molar-refractivity contribution is -0.115. The third kappa shape index (κ3) is 3.48. The number of hydrogen-bond acceptors (Lipinski definition) is 4. The Morgan fingerprint density at radius 1 is 1.42 bits per heavy atom. The summed E-state index contributed by atoms with van der Waals surface area (Å²) in [4.78, 5) is 16.6. The average Bonchev–Trinajstić information content (AvgIpc) is 2.78. The van der Waals surface area contributed by atoms with Crippen LogP contribution in [0, 0.1) is 0 Å². The first-order valence-electron chi connectivity index (χ1n) is 5.73. The molecule has 1 fully saturated rings. The number of aliphatic imine (C=N–C) groups is 1. The molecule has 1 aromatic rings. The van der Waals surface area contributed by atoms with Gasteiger partial charge in [0.25, 0.3) is 5.91 Å². The van der Waals surface area contributed by atoms with E-state index in [2.05, 4.69) is 16.9 Å². The van der Waals surface area contributed by atoms with Crippen molar-refractivity contribution in [3.63, 3.8) is 0 Å². The zero-order valence-corrected chi connectivity index (χ0v) is 11.4. The highest BCUT2D eigenvalue weighted by molar-refractivity contribution is 8.18. The molecule has 1 aliphatic heterocycles. The Labute approximate surface area is 116 Å². The quantitative estimate of drug-likeness (QED) is 0.677. The summed E-state index contributed by atoms with van der Waals surface area (Å²) in [6.07, 6.45) is 3.51. The number of carbonyl (C=O) groups excluding carboxylic acids is 1. The van der Waals surface area contributed by atoms with Crippen LogP contribution in [-0.2, 0) is 4.79 Å². The van der Waals surface area contributed by atoms with E-state index < -0.39 is 0 Å². The van der Waals surface area contributed by atoms with Gasteiger partial charge in [-0.05, 0) is 35.5 Å². The van der Waals surface area contributed by atoms with Crippen LogP contribution in [0.25, 0.3) is 6.08 Å². The van der Waals surface area contributed by atoms with Crippen molar-refractivity contribution in [3.05, 3.63) is 47.4 Å². The fourth-order valence-electron chi connectivity index (χ4n) is 1.50. The molecule has 5 heteroatoms. The second kappa shape index (κ2) is 6.24.